The third kappa shape index (κ3) is 3.69. The van der Waals surface area contributed by atoms with Crippen LogP contribution in [0, 0.1) is 0 Å². The van der Waals surface area contributed by atoms with Gasteiger partial charge in [-0.2, -0.15) is 0 Å². The van der Waals surface area contributed by atoms with Crippen molar-refractivity contribution in [1.29, 1.82) is 0 Å². The second-order valence-corrected chi connectivity index (χ2v) is 15.6. The summed E-state index contributed by atoms with van der Waals surface area (Å²) in [6.07, 6.45) is 3.33. The molecule has 0 aliphatic carbocycles. The van der Waals surface area contributed by atoms with E-state index in [1.54, 1.807) is 23.5 Å². The third-order valence-corrected chi connectivity index (χ3v) is 12.7. The molecule has 1 aliphatic rings. The maximum Gasteiger partial charge on any atom is 0.215 e. The number of sulfone groups is 1. The van der Waals surface area contributed by atoms with Crippen molar-refractivity contribution in [2.75, 3.05) is 0 Å². The molecule has 246 valence electrons. The number of allylic oxidation sites excluding steroid dienone is 2. The molecule has 0 bridgehead atoms. The highest BCUT2D eigenvalue weighted by atomic mass is 32.2. The Kier molecular flexibility index (Phi) is 5.79. The van der Waals surface area contributed by atoms with Crippen LogP contribution in [0.1, 0.15) is 6.92 Å². The van der Waals surface area contributed by atoms with E-state index < -0.39 is 9.84 Å². The fraction of sp³-hybridized carbons (Fsp3) is 0.0476. The predicted molar refractivity (Wildman–Crippen MR) is 211 cm³/mol. The zero-order chi connectivity index (χ0) is 34.0. The van der Waals surface area contributed by atoms with Gasteiger partial charge in [0.05, 0.1) is 22.1 Å². The van der Waals surface area contributed by atoms with Gasteiger partial charge >= 0.3 is 0 Å². The number of fused-ring (bicyclic) bond motifs is 10. The second-order valence-electron chi connectivity index (χ2n) is 12.9. The molecule has 7 nitrogen and oxygen atoms in total. The monoisotopic (exact) mass is 699 g/mol. The van der Waals surface area contributed by atoms with Gasteiger partial charge in [-0.1, -0.05) is 72.8 Å². The van der Waals surface area contributed by atoms with E-state index in [1.807, 2.05) is 22.8 Å². The van der Waals surface area contributed by atoms with Crippen molar-refractivity contribution >= 4 is 91.9 Å². The lowest BCUT2D eigenvalue weighted by Gasteiger charge is -2.18. The van der Waals surface area contributed by atoms with Crippen LogP contribution in [-0.4, -0.2) is 31.3 Å². The summed E-state index contributed by atoms with van der Waals surface area (Å²) in [5.74, 6) is 1.98. The molecule has 6 aromatic heterocycles. The number of hydrogen-bond acceptors (Lipinski definition) is 3. The van der Waals surface area contributed by atoms with Crippen LogP contribution in [0.3, 0.4) is 0 Å². The molecule has 11 rings (SSSR count). The van der Waals surface area contributed by atoms with Gasteiger partial charge in [-0.25, -0.2) is 8.42 Å². The maximum atomic E-state index is 13.6. The molecule has 0 fully saturated rings. The first-order chi connectivity index (χ1) is 25.1. The van der Waals surface area contributed by atoms with Crippen LogP contribution < -0.4 is 0 Å². The lowest BCUT2D eigenvalue weighted by Crippen LogP contribution is -2.12. The summed E-state index contributed by atoms with van der Waals surface area (Å²) in [4.78, 5) is 0. The number of aromatic nitrogens is 5. The van der Waals surface area contributed by atoms with Crippen LogP contribution in [0.4, 0.5) is 0 Å². The molecule has 51 heavy (non-hydrogen) atoms. The van der Waals surface area contributed by atoms with Gasteiger partial charge < -0.3 is 4.57 Å². The van der Waals surface area contributed by atoms with Gasteiger partial charge in [-0.05, 0) is 73.0 Å². The van der Waals surface area contributed by atoms with Crippen molar-refractivity contribution in [1.82, 2.24) is 22.8 Å². The molecule has 0 radical (unpaired) electrons. The molecular formula is C42H29N5O2S2. The minimum Gasteiger partial charge on any atom is -0.313 e. The van der Waals surface area contributed by atoms with Gasteiger partial charge in [0.1, 0.15) is 33.0 Å². The number of thiophene rings is 1. The number of benzene rings is 4. The van der Waals surface area contributed by atoms with Crippen LogP contribution in [0.25, 0.3) is 87.3 Å². The highest BCUT2D eigenvalue weighted by molar-refractivity contribution is 8.03. The Labute approximate surface area is 296 Å². The molecule has 10 aromatic rings. The van der Waals surface area contributed by atoms with Gasteiger partial charge in [0, 0.05) is 44.3 Å². The number of rotatable bonds is 5. The summed E-state index contributed by atoms with van der Waals surface area (Å²) in [7, 11) is -3.65. The highest BCUT2D eigenvalue weighted by Gasteiger charge is 2.30. The smallest absolute Gasteiger partial charge is 0.215 e. The zero-order valence-corrected chi connectivity index (χ0v) is 29.1. The second kappa shape index (κ2) is 10.3. The van der Waals surface area contributed by atoms with Gasteiger partial charge in [-0.15, -0.1) is 11.3 Å². The van der Waals surface area contributed by atoms with E-state index in [-0.39, 0.29) is 5.03 Å². The molecule has 0 atom stereocenters. The topological polar surface area (TPSA) is 58.8 Å². The average molecular weight is 700 g/mol. The molecule has 0 saturated carbocycles. The Morgan fingerprint density at radius 3 is 1.47 bits per heavy atom. The Bertz CT molecular complexity index is 3250. The first-order valence-corrected chi connectivity index (χ1v) is 19.4. The van der Waals surface area contributed by atoms with Crippen LogP contribution in [-0.2, 0) is 16.4 Å². The largest absolute Gasteiger partial charge is 0.313 e. The predicted octanol–water partition coefficient (Wildman–Crippen LogP) is 10.4. The number of para-hydroxylation sites is 4. The van der Waals surface area contributed by atoms with Crippen LogP contribution in [0.15, 0.2) is 144 Å². The molecule has 7 heterocycles. The fourth-order valence-electron chi connectivity index (χ4n) is 8.46. The molecule has 9 heteroatoms. The van der Waals surface area contributed by atoms with Crippen molar-refractivity contribution in [3.8, 4) is 16.6 Å². The highest BCUT2D eigenvalue weighted by Crippen LogP contribution is 2.45. The minimum absolute atomic E-state index is 0.256. The van der Waals surface area contributed by atoms with E-state index in [4.69, 9.17) is 0 Å². The van der Waals surface area contributed by atoms with Crippen LogP contribution in [0.5, 0.6) is 0 Å². The minimum atomic E-state index is -3.65. The van der Waals surface area contributed by atoms with Gasteiger partial charge in [0.15, 0.2) is 0 Å². The number of hydrogen-bond donors (Lipinski definition) is 0. The summed E-state index contributed by atoms with van der Waals surface area (Å²) in [5.41, 5.74) is 6.11. The standard InChI is InChI=1S/C42H29N5O2S2/c1-2-43-35(44-31-17-7-3-13-27(31)39-29-15-5-9-19-33(29)46(41(39)44)37-21-11-25-50-37)23-24-36(43)45-32-18-8-4-14-28(32)40-30-16-6-10-20-34(30)47(42(40)45)38-22-12-26-51(38,48)49/h3-26H,2H2,1H3. The third-order valence-electron chi connectivity index (χ3n) is 10.4. The molecule has 4 aromatic carbocycles. The summed E-state index contributed by atoms with van der Waals surface area (Å²) >= 11 is 1.73. The Balaban J connectivity index is 1.30. The Morgan fingerprint density at radius 2 is 1.02 bits per heavy atom. The summed E-state index contributed by atoms with van der Waals surface area (Å²) < 4.78 is 38.4. The lowest BCUT2D eigenvalue weighted by molar-refractivity contribution is 0.612. The van der Waals surface area contributed by atoms with E-state index in [1.165, 1.54) is 27.1 Å². The van der Waals surface area contributed by atoms with E-state index in [0.29, 0.717) is 6.54 Å². The Morgan fingerprint density at radius 1 is 0.549 bits per heavy atom. The Hall–Kier alpha value is -6.03. The quantitative estimate of drug-likeness (QED) is 0.180. The van der Waals surface area contributed by atoms with E-state index in [9.17, 15) is 8.42 Å². The summed E-state index contributed by atoms with van der Waals surface area (Å²) in [6.45, 7) is 2.86. The van der Waals surface area contributed by atoms with Gasteiger partial charge in [0.2, 0.25) is 9.84 Å². The summed E-state index contributed by atoms with van der Waals surface area (Å²) in [6, 6.07) is 42.5. The molecular weight excluding hydrogens is 671 g/mol. The fourth-order valence-corrected chi connectivity index (χ4v) is 10.3. The van der Waals surface area contributed by atoms with Crippen molar-refractivity contribution in [3.63, 3.8) is 0 Å². The molecule has 0 unspecified atom stereocenters. The van der Waals surface area contributed by atoms with Gasteiger partial charge in [-0.3, -0.25) is 18.3 Å². The van der Waals surface area contributed by atoms with E-state index >= 15 is 0 Å². The van der Waals surface area contributed by atoms with E-state index in [2.05, 4.69) is 134 Å². The number of nitrogens with zero attached hydrogens (tertiary/aromatic N) is 5. The average Bonchev–Trinajstić information content (AvgIpc) is 4.01. The van der Waals surface area contributed by atoms with E-state index in [0.717, 1.165) is 60.6 Å². The van der Waals surface area contributed by atoms with Gasteiger partial charge in [0.25, 0.3) is 0 Å². The molecule has 0 N–H and O–H groups in total. The molecule has 0 spiro atoms. The first kappa shape index (κ1) is 28.8. The molecule has 0 saturated heterocycles. The molecule has 0 amide bonds. The van der Waals surface area contributed by atoms with Crippen molar-refractivity contribution in [3.05, 3.63) is 144 Å². The first-order valence-electron chi connectivity index (χ1n) is 17.0. The maximum absolute atomic E-state index is 13.6. The molecule has 1 aliphatic heterocycles. The van der Waals surface area contributed by atoms with Crippen LogP contribution in [0.2, 0.25) is 0 Å². The summed E-state index contributed by atoms with van der Waals surface area (Å²) in [5, 5.41) is 11.6. The SMILES string of the molecule is CCn1c(-n2c3ccccc3c3c4ccccc4n(C4=CC=CS4(=O)=O)c32)ccc1-n1c2ccccc2c2c3ccccc3n(-c3cccs3)c21. The van der Waals surface area contributed by atoms with Crippen molar-refractivity contribution < 1.29 is 8.42 Å². The normalized spacial score (nSPS) is 14.4. The van der Waals surface area contributed by atoms with Crippen molar-refractivity contribution in [2.45, 2.75) is 13.5 Å². The van der Waals surface area contributed by atoms with Crippen molar-refractivity contribution in [2.24, 2.45) is 0 Å². The lowest BCUT2D eigenvalue weighted by atomic mass is 10.1. The zero-order valence-electron chi connectivity index (χ0n) is 27.4. The van der Waals surface area contributed by atoms with Crippen LogP contribution >= 0.6 is 11.3 Å².